The summed E-state index contributed by atoms with van der Waals surface area (Å²) in [5.41, 5.74) is 2.36. The van der Waals surface area contributed by atoms with Crippen LogP contribution in [0.5, 0.6) is 0 Å². The number of nitrogens with one attached hydrogen (secondary N) is 2. The number of aromatic nitrogens is 1. The number of anilines is 2. The van der Waals surface area contributed by atoms with Gasteiger partial charge in [-0.25, -0.2) is 9.78 Å². The first-order valence-corrected chi connectivity index (χ1v) is 8.56. The van der Waals surface area contributed by atoms with Crippen molar-refractivity contribution < 1.29 is 9.59 Å². The SMILES string of the molecule is CC(=O)N(C)c1cccc(NC(=O)NC[C@@H](C)c2nc(C)cs2)c1. The van der Waals surface area contributed by atoms with Crippen molar-refractivity contribution in [3.05, 3.63) is 40.3 Å². The minimum atomic E-state index is -0.280. The van der Waals surface area contributed by atoms with E-state index in [9.17, 15) is 9.59 Å². The molecule has 2 aromatic rings. The Kier molecular flexibility index (Phi) is 5.92. The van der Waals surface area contributed by atoms with E-state index in [1.165, 1.54) is 11.8 Å². The molecule has 1 atom stereocenters. The fourth-order valence-electron chi connectivity index (χ4n) is 2.08. The predicted molar refractivity (Wildman–Crippen MR) is 97.8 cm³/mol. The smallest absolute Gasteiger partial charge is 0.319 e. The molecule has 24 heavy (non-hydrogen) atoms. The zero-order valence-electron chi connectivity index (χ0n) is 14.3. The molecule has 1 heterocycles. The monoisotopic (exact) mass is 346 g/mol. The molecule has 0 aliphatic carbocycles. The molecule has 0 unspecified atom stereocenters. The third-order valence-electron chi connectivity index (χ3n) is 3.59. The van der Waals surface area contributed by atoms with Crippen LogP contribution in [-0.4, -0.2) is 30.5 Å². The number of benzene rings is 1. The summed E-state index contributed by atoms with van der Waals surface area (Å²) in [6, 6.07) is 6.87. The number of nitrogens with zero attached hydrogens (tertiary/aromatic N) is 2. The number of carbonyl (C=O) groups excluding carboxylic acids is 2. The molecule has 0 radical (unpaired) electrons. The maximum absolute atomic E-state index is 12.0. The number of aryl methyl sites for hydroxylation is 1. The average Bonchev–Trinajstić information content (AvgIpc) is 2.98. The Labute approximate surface area is 145 Å². The molecule has 0 aliphatic rings. The molecule has 7 heteroatoms. The van der Waals surface area contributed by atoms with E-state index in [2.05, 4.69) is 15.6 Å². The largest absolute Gasteiger partial charge is 0.337 e. The van der Waals surface area contributed by atoms with E-state index in [1.54, 1.807) is 36.6 Å². The van der Waals surface area contributed by atoms with Crippen LogP contribution in [0.4, 0.5) is 16.2 Å². The topological polar surface area (TPSA) is 74.3 Å². The number of rotatable bonds is 5. The lowest BCUT2D eigenvalue weighted by atomic mass is 10.2. The summed E-state index contributed by atoms with van der Waals surface area (Å²) in [4.78, 5) is 29.4. The first kappa shape index (κ1) is 17.9. The number of amides is 3. The number of hydrogen-bond donors (Lipinski definition) is 2. The van der Waals surface area contributed by atoms with Crippen LogP contribution < -0.4 is 15.5 Å². The van der Waals surface area contributed by atoms with Crippen molar-refractivity contribution in [3.63, 3.8) is 0 Å². The molecule has 2 N–H and O–H groups in total. The quantitative estimate of drug-likeness (QED) is 0.872. The summed E-state index contributed by atoms with van der Waals surface area (Å²) in [5.74, 6) is 0.0915. The van der Waals surface area contributed by atoms with Crippen LogP contribution in [0, 0.1) is 6.92 Å². The van der Waals surface area contributed by atoms with Gasteiger partial charge in [-0.15, -0.1) is 11.3 Å². The molecule has 1 aromatic heterocycles. The van der Waals surface area contributed by atoms with Crippen molar-refractivity contribution in [2.45, 2.75) is 26.7 Å². The number of urea groups is 1. The molecule has 2 rings (SSSR count). The highest BCUT2D eigenvalue weighted by atomic mass is 32.1. The van der Waals surface area contributed by atoms with Crippen molar-refractivity contribution >= 4 is 34.6 Å². The molecule has 0 spiro atoms. The van der Waals surface area contributed by atoms with E-state index in [1.807, 2.05) is 25.3 Å². The lowest BCUT2D eigenvalue weighted by Crippen LogP contribution is -2.31. The van der Waals surface area contributed by atoms with Gasteiger partial charge in [0.1, 0.15) is 0 Å². The van der Waals surface area contributed by atoms with Gasteiger partial charge in [-0.1, -0.05) is 13.0 Å². The number of thiazole rings is 1. The Morgan fingerprint density at radius 3 is 2.75 bits per heavy atom. The van der Waals surface area contributed by atoms with Gasteiger partial charge in [0.15, 0.2) is 0 Å². The van der Waals surface area contributed by atoms with Crippen LogP contribution in [0.15, 0.2) is 29.6 Å². The van der Waals surface area contributed by atoms with Gasteiger partial charge in [0.25, 0.3) is 0 Å². The summed E-state index contributed by atoms with van der Waals surface area (Å²) < 4.78 is 0. The molecule has 0 saturated heterocycles. The molecular weight excluding hydrogens is 324 g/mol. The Morgan fingerprint density at radius 1 is 1.38 bits per heavy atom. The van der Waals surface area contributed by atoms with Crippen molar-refractivity contribution in [2.75, 3.05) is 23.8 Å². The minimum absolute atomic E-state index is 0.0656. The van der Waals surface area contributed by atoms with Gasteiger partial charge in [-0.05, 0) is 25.1 Å². The highest BCUT2D eigenvalue weighted by molar-refractivity contribution is 7.09. The minimum Gasteiger partial charge on any atom is -0.337 e. The highest BCUT2D eigenvalue weighted by Crippen LogP contribution is 2.20. The van der Waals surface area contributed by atoms with Crippen LogP contribution in [0.1, 0.15) is 30.5 Å². The Hall–Kier alpha value is -2.41. The lowest BCUT2D eigenvalue weighted by molar-refractivity contribution is -0.116. The van der Waals surface area contributed by atoms with E-state index in [4.69, 9.17) is 0 Å². The maximum atomic E-state index is 12.0. The Balaban J connectivity index is 1.90. The summed E-state index contributed by atoms with van der Waals surface area (Å²) in [5, 5.41) is 8.64. The van der Waals surface area contributed by atoms with Crippen LogP contribution in [0.25, 0.3) is 0 Å². The van der Waals surface area contributed by atoms with Crippen molar-refractivity contribution in [1.82, 2.24) is 10.3 Å². The zero-order chi connectivity index (χ0) is 17.7. The molecule has 3 amide bonds. The number of carbonyl (C=O) groups is 2. The molecule has 0 bridgehead atoms. The molecule has 6 nitrogen and oxygen atoms in total. The summed E-state index contributed by atoms with van der Waals surface area (Å²) >= 11 is 1.60. The van der Waals surface area contributed by atoms with E-state index < -0.39 is 0 Å². The van der Waals surface area contributed by atoms with Crippen molar-refractivity contribution in [2.24, 2.45) is 0 Å². The second-order valence-electron chi connectivity index (χ2n) is 5.69. The number of hydrogen-bond acceptors (Lipinski definition) is 4. The molecular formula is C17H22N4O2S. The molecule has 0 aliphatic heterocycles. The molecule has 0 saturated carbocycles. The molecule has 0 fully saturated rings. The standard InChI is InChI=1S/C17H22N4O2S/c1-11(16-19-12(2)10-24-16)9-18-17(23)20-14-6-5-7-15(8-14)21(4)13(3)22/h5-8,10-11H,9H2,1-4H3,(H2,18,20,23)/t11-/m1/s1. The first-order chi connectivity index (χ1) is 11.4. The normalized spacial score (nSPS) is 11.7. The summed E-state index contributed by atoms with van der Waals surface area (Å²) in [6.07, 6.45) is 0. The third kappa shape index (κ3) is 4.79. The van der Waals surface area contributed by atoms with Crippen LogP contribution in [0.3, 0.4) is 0 Å². The lowest BCUT2D eigenvalue weighted by Gasteiger charge is -2.16. The second-order valence-corrected chi connectivity index (χ2v) is 6.58. The van der Waals surface area contributed by atoms with E-state index in [-0.39, 0.29) is 17.9 Å². The summed E-state index contributed by atoms with van der Waals surface area (Å²) in [7, 11) is 1.69. The molecule has 1 aromatic carbocycles. The van der Waals surface area contributed by atoms with Crippen molar-refractivity contribution in [3.8, 4) is 0 Å². The van der Waals surface area contributed by atoms with E-state index >= 15 is 0 Å². The predicted octanol–water partition coefficient (Wildman–Crippen LogP) is 3.36. The second kappa shape index (κ2) is 7.92. The summed E-state index contributed by atoms with van der Waals surface area (Å²) in [6.45, 7) is 5.99. The first-order valence-electron chi connectivity index (χ1n) is 7.68. The fraction of sp³-hybridized carbons (Fsp3) is 0.353. The van der Waals surface area contributed by atoms with Crippen LogP contribution in [-0.2, 0) is 4.79 Å². The highest BCUT2D eigenvalue weighted by Gasteiger charge is 2.12. The fourth-order valence-corrected chi connectivity index (χ4v) is 2.94. The van der Waals surface area contributed by atoms with Crippen molar-refractivity contribution in [1.29, 1.82) is 0 Å². The average molecular weight is 346 g/mol. The van der Waals surface area contributed by atoms with Gasteiger partial charge >= 0.3 is 6.03 Å². The van der Waals surface area contributed by atoms with E-state index in [0.717, 1.165) is 16.4 Å². The van der Waals surface area contributed by atoms with Crippen LogP contribution in [0.2, 0.25) is 0 Å². The van der Waals surface area contributed by atoms with Crippen LogP contribution >= 0.6 is 11.3 Å². The van der Waals surface area contributed by atoms with Gasteiger partial charge in [0.2, 0.25) is 5.91 Å². The van der Waals surface area contributed by atoms with Gasteiger partial charge in [-0.2, -0.15) is 0 Å². The van der Waals surface area contributed by atoms with Gasteiger partial charge in [0, 0.05) is 48.9 Å². The Bertz CT molecular complexity index is 729. The van der Waals surface area contributed by atoms with Gasteiger partial charge < -0.3 is 15.5 Å². The third-order valence-corrected chi connectivity index (χ3v) is 4.78. The van der Waals surface area contributed by atoms with Gasteiger partial charge in [-0.3, -0.25) is 4.79 Å². The van der Waals surface area contributed by atoms with E-state index in [0.29, 0.717) is 12.2 Å². The molecule has 128 valence electrons. The van der Waals surface area contributed by atoms with Gasteiger partial charge in [0.05, 0.1) is 5.01 Å². The maximum Gasteiger partial charge on any atom is 0.319 e. The zero-order valence-corrected chi connectivity index (χ0v) is 15.1. The Morgan fingerprint density at radius 2 is 2.12 bits per heavy atom.